The Hall–Kier alpha value is -3.90. The minimum atomic E-state index is -4.41. The van der Waals surface area contributed by atoms with Crippen LogP contribution in [0.3, 0.4) is 0 Å². The molecule has 0 amide bonds. The maximum atomic E-state index is 13.5. The van der Waals surface area contributed by atoms with Gasteiger partial charge in [0.05, 0.1) is 36.1 Å². The Morgan fingerprint density at radius 3 is 2.56 bits per heavy atom. The SMILES string of the molecule is [C-]#[N+]c1cccc(CN2CCc3c(c(=O)n(Cc4ccc(C(F)(F)F)cc4)c4ccnn34)C2)c1. The van der Waals surface area contributed by atoms with E-state index in [9.17, 15) is 18.0 Å². The van der Waals surface area contributed by atoms with Crippen molar-refractivity contribution in [1.82, 2.24) is 19.1 Å². The Bertz CT molecular complexity index is 1460. The van der Waals surface area contributed by atoms with Crippen molar-refractivity contribution in [3.05, 3.63) is 111 Å². The van der Waals surface area contributed by atoms with Crippen LogP contribution in [0.25, 0.3) is 10.5 Å². The molecule has 0 saturated carbocycles. The van der Waals surface area contributed by atoms with Crippen LogP contribution in [0, 0.1) is 6.57 Å². The molecule has 9 heteroatoms. The summed E-state index contributed by atoms with van der Waals surface area (Å²) in [5.74, 6) is 0. The molecule has 5 rings (SSSR count). The lowest BCUT2D eigenvalue weighted by atomic mass is 10.1. The molecule has 0 unspecified atom stereocenters. The van der Waals surface area contributed by atoms with Crippen molar-refractivity contribution < 1.29 is 13.2 Å². The molecule has 4 aromatic rings. The summed E-state index contributed by atoms with van der Waals surface area (Å²) in [7, 11) is 0. The third kappa shape index (κ3) is 4.08. The lowest BCUT2D eigenvalue weighted by Crippen LogP contribution is -2.39. The number of nitrogens with zero attached hydrogens (tertiary/aromatic N) is 5. The summed E-state index contributed by atoms with van der Waals surface area (Å²) in [4.78, 5) is 19.2. The lowest BCUT2D eigenvalue weighted by Gasteiger charge is -2.29. The van der Waals surface area contributed by atoms with Gasteiger partial charge in [0, 0.05) is 32.1 Å². The molecule has 0 radical (unpaired) electrons. The second-order valence-corrected chi connectivity index (χ2v) is 8.35. The normalized spacial score (nSPS) is 14.2. The second-order valence-electron chi connectivity index (χ2n) is 8.35. The number of hydrogen-bond acceptors (Lipinski definition) is 3. The average Bonchev–Trinajstić information content (AvgIpc) is 3.31. The van der Waals surface area contributed by atoms with Crippen molar-refractivity contribution in [1.29, 1.82) is 0 Å². The summed E-state index contributed by atoms with van der Waals surface area (Å²) in [5, 5.41) is 4.41. The molecule has 34 heavy (non-hydrogen) atoms. The summed E-state index contributed by atoms with van der Waals surface area (Å²) in [5.41, 5.74) is 3.40. The van der Waals surface area contributed by atoms with Crippen molar-refractivity contribution in [2.45, 2.75) is 32.2 Å². The molecule has 0 bridgehead atoms. The highest BCUT2D eigenvalue weighted by Gasteiger charge is 2.30. The molecule has 172 valence electrons. The second kappa shape index (κ2) is 8.47. The molecule has 2 aromatic heterocycles. The van der Waals surface area contributed by atoms with Gasteiger partial charge < -0.3 is 0 Å². The van der Waals surface area contributed by atoms with Gasteiger partial charge in [-0.15, -0.1) is 0 Å². The van der Waals surface area contributed by atoms with Crippen molar-refractivity contribution in [3.63, 3.8) is 0 Å². The molecule has 0 N–H and O–H groups in total. The summed E-state index contributed by atoms with van der Waals surface area (Å²) >= 11 is 0. The first-order valence-corrected chi connectivity index (χ1v) is 10.8. The van der Waals surface area contributed by atoms with Crippen molar-refractivity contribution >= 4 is 11.3 Å². The molecule has 1 aliphatic heterocycles. The number of hydrogen-bond donors (Lipinski definition) is 0. The van der Waals surface area contributed by atoms with Crippen molar-refractivity contribution in [3.8, 4) is 0 Å². The van der Waals surface area contributed by atoms with E-state index in [0.717, 1.165) is 29.9 Å². The molecule has 1 aliphatic rings. The summed E-state index contributed by atoms with van der Waals surface area (Å²) in [6.45, 7) is 9.13. The third-order valence-electron chi connectivity index (χ3n) is 6.12. The van der Waals surface area contributed by atoms with Gasteiger partial charge in [0.2, 0.25) is 0 Å². The van der Waals surface area contributed by atoms with E-state index in [1.54, 1.807) is 27.4 Å². The van der Waals surface area contributed by atoms with Gasteiger partial charge in [-0.05, 0) is 23.3 Å². The first kappa shape index (κ1) is 21.9. The number of fused-ring (bicyclic) bond motifs is 3. The van der Waals surface area contributed by atoms with Gasteiger partial charge in [-0.25, -0.2) is 9.36 Å². The summed E-state index contributed by atoms with van der Waals surface area (Å²) in [6, 6.07) is 14.0. The zero-order chi connectivity index (χ0) is 23.9. The number of benzene rings is 2. The van der Waals surface area contributed by atoms with Crippen molar-refractivity contribution in [2.24, 2.45) is 0 Å². The van der Waals surface area contributed by atoms with E-state index in [1.807, 2.05) is 18.2 Å². The maximum Gasteiger partial charge on any atom is 0.416 e. The summed E-state index contributed by atoms with van der Waals surface area (Å²) < 4.78 is 42.1. The smallest absolute Gasteiger partial charge is 0.294 e. The van der Waals surface area contributed by atoms with Crippen LogP contribution in [0.5, 0.6) is 0 Å². The van der Waals surface area contributed by atoms with E-state index in [2.05, 4.69) is 14.8 Å². The van der Waals surface area contributed by atoms with E-state index in [-0.39, 0.29) is 12.1 Å². The minimum Gasteiger partial charge on any atom is -0.294 e. The van der Waals surface area contributed by atoms with E-state index < -0.39 is 11.7 Å². The topological polar surface area (TPSA) is 46.9 Å². The highest BCUT2D eigenvalue weighted by molar-refractivity contribution is 5.47. The predicted octanol–water partition coefficient (Wildman–Crippen LogP) is 4.67. The van der Waals surface area contributed by atoms with Crippen LogP contribution >= 0.6 is 0 Å². The van der Waals surface area contributed by atoms with Crippen LogP contribution < -0.4 is 5.56 Å². The van der Waals surface area contributed by atoms with E-state index in [4.69, 9.17) is 6.57 Å². The standard InChI is InChI=1S/C25H20F3N5O/c1-29-20-4-2-3-18(13-20)14-31-12-10-22-21(16-31)24(34)32(23-9-11-30-33(22)23)15-17-5-7-19(8-6-17)25(26,27)28/h2-9,11,13H,10,12,14-16H2. The average molecular weight is 463 g/mol. The zero-order valence-corrected chi connectivity index (χ0v) is 18.1. The molecule has 0 spiro atoms. The van der Waals surface area contributed by atoms with Crippen molar-refractivity contribution in [2.75, 3.05) is 6.54 Å². The third-order valence-corrected chi connectivity index (χ3v) is 6.12. The molecular formula is C25H20F3N5O. The van der Waals surface area contributed by atoms with Crippen LogP contribution in [0.4, 0.5) is 18.9 Å². The maximum absolute atomic E-state index is 13.5. The van der Waals surface area contributed by atoms with Crippen LogP contribution in [0.1, 0.15) is 27.9 Å². The number of rotatable bonds is 4. The minimum absolute atomic E-state index is 0.145. The lowest BCUT2D eigenvalue weighted by molar-refractivity contribution is -0.137. The molecule has 0 saturated heterocycles. The van der Waals surface area contributed by atoms with Crippen LogP contribution in [-0.4, -0.2) is 25.6 Å². The Kier molecular flexibility index (Phi) is 5.46. The van der Waals surface area contributed by atoms with Gasteiger partial charge >= 0.3 is 6.18 Å². The monoisotopic (exact) mass is 463 g/mol. The molecule has 0 aliphatic carbocycles. The van der Waals surface area contributed by atoms with Gasteiger partial charge in [0.25, 0.3) is 5.56 Å². The van der Waals surface area contributed by atoms with Gasteiger partial charge in [0.1, 0.15) is 5.65 Å². The first-order chi connectivity index (χ1) is 16.3. The molecule has 3 heterocycles. The van der Waals surface area contributed by atoms with E-state index in [1.165, 1.54) is 12.1 Å². The predicted molar refractivity (Wildman–Crippen MR) is 121 cm³/mol. The van der Waals surface area contributed by atoms with Crippen LogP contribution in [-0.2, 0) is 32.2 Å². The van der Waals surface area contributed by atoms with E-state index in [0.29, 0.717) is 42.0 Å². The Labute approximate surface area is 193 Å². The molecular weight excluding hydrogens is 443 g/mol. The Morgan fingerprint density at radius 2 is 1.82 bits per heavy atom. The number of aromatic nitrogens is 3. The van der Waals surface area contributed by atoms with E-state index >= 15 is 0 Å². The quantitative estimate of drug-likeness (QED) is 0.413. The Morgan fingerprint density at radius 1 is 1.03 bits per heavy atom. The van der Waals surface area contributed by atoms with Gasteiger partial charge in [0.15, 0.2) is 5.69 Å². The molecule has 0 fully saturated rings. The van der Waals surface area contributed by atoms with Gasteiger partial charge in [-0.3, -0.25) is 14.3 Å². The van der Waals surface area contributed by atoms with Crippen LogP contribution in [0.2, 0.25) is 0 Å². The van der Waals surface area contributed by atoms with Crippen LogP contribution in [0.15, 0.2) is 65.6 Å². The fourth-order valence-corrected chi connectivity index (χ4v) is 4.46. The van der Waals surface area contributed by atoms with Gasteiger partial charge in [-0.2, -0.15) is 18.3 Å². The highest BCUT2D eigenvalue weighted by atomic mass is 19.4. The fraction of sp³-hybridized carbons (Fsp3) is 0.240. The molecule has 6 nitrogen and oxygen atoms in total. The fourth-order valence-electron chi connectivity index (χ4n) is 4.46. The first-order valence-electron chi connectivity index (χ1n) is 10.8. The Balaban J connectivity index is 1.47. The number of alkyl halides is 3. The molecule has 0 atom stereocenters. The number of halogens is 3. The highest BCUT2D eigenvalue weighted by Crippen LogP contribution is 2.29. The van der Waals surface area contributed by atoms with Gasteiger partial charge in [-0.1, -0.05) is 36.4 Å². The largest absolute Gasteiger partial charge is 0.416 e. The summed E-state index contributed by atoms with van der Waals surface area (Å²) in [6.07, 6.45) is -2.13. The molecule has 2 aromatic carbocycles. The zero-order valence-electron chi connectivity index (χ0n) is 18.1.